The molecule has 3 nitrogen and oxygen atoms in total. The van der Waals surface area contributed by atoms with E-state index in [1.165, 1.54) is 0 Å². The highest BCUT2D eigenvalue weighted by molar-refractivity contribution is 5.80. The molecule has 14 heavy (non-hydrogen) atoms. The van der Waals surface area contributed by atoms with E-state index >= 15 is 0 Å². The van der Waals surface area contributed by atoms with E-state index in [1.807, 2.05) is 30.4 Å². The zero-order valence-electron chi connectivity index (χ0n) is 7.77. The van der Waals surface area contributed by atoms with Crippen LogP contribution in [0.2, 0.25) is 0 Å². The molecule has 3 heteroatoms. The number of fused-ring (bicyclic) bond motifs is 1. The number of aliphatic hydroxyl groups is 1. The number of nitrogens with one attached hydrogen (secondary N) is 1. The number of hydrogen-bond donors (Lipinski definition) is 2. The largest absolute Gasteiger partial charge is 0.396 e. The number of nitrogens with zero attached hydrogens (tertiary/aromatic N) is 1. The molecule has 0 spiro atoms. The lowest BCUT2D eigenvalue weighted by atomic mass is 10.1. The molecule has 0 atom stereocenters. The van der Waals surface area contributed by atoms with Crippen LogP contribution in [-0.4, -0.2) is 21.9 Å². The minimum absolute atomic E-state index is 0.197. The van der Waals surface area contributed by atoms with Gasteiger partial charge in [0.2, 0.25) is 0 Å². The zero-order chi connectivity index (χ0) is 9.80. The van der Waals surface area contributed by atoms with Crippen molar-refractivity contribution in [3.63, 3.8) is 0 Å². The molecule has 0 amide bonds. The molecule has 2 aromatic rings. The maximum Gasteiger partial charge on any atom is 0.0656 e. The van der Waals surface area contributed by atoms with Gasteiger partial charge in [-0.05, 0) is 18.1 Å². The Bertz CT molecular complexity index is 445. The molecule has 0 unspecified atom stereocenters. The molecular weight excluding hydrogens is 176 g/mol. The van der Waals surface area contributed by atoms with E-state index in [1.54, 1.807) is 6.20 Å². The van der Waals surface area contributed by atoms with Crippen molar-refractivity contribution in [1.29, 1.82) is 0 Å². The summed E-state index contributed by atoms with van der Waals surface area (Å²) < 4.78 is 0. The zero-order valence-corrected chi connectivity index (χ0v) is 7.77. The Labute approximate surface area is 82.1 Å². The van der Waals surface area contributed by atoms with Crippen LogP contribution in [0.3, 0.4) is 0 Å². The molecule has 1 heterocycles. The Balaban J connectivity index is 2.25. The second-order valence-electron chi connectivity index (χ2n) is 3.13. The molecule has 0 saturated heterocycles. The van der Waals surface area contributed by atoms with Gasteiger partial charge in [-0.25, -0.2) is 0 Å². The van der Waals surface area contributed by atoms with Gasteiger partial charge in [0, 0.05) is 12.0 Å². The van der Waals surface area contributed by atoms with Crippen LogP contribution in [-0.2, 0) is 0 Å². The molecule has 0 saturated carbocycles. The molecule has 0 fully saturated rings. The molecule has 0 bridgehead atoms. The molecule has 0 aliphatic carbocycles. The topological polar surface area (TPSA) is 48.9 Å². The van der Waals surface area contributed by atoms with Crippen LogP contribution in [0.4, 0.5) is 0 Å². The summed E-state index contributed by atoms with van der Waals surface area (Å²) in [5, 5.41) is 16.6. The molecule has 0 radical (unpaired) electrons. The van der Waals surface area contributed by atoms with E-state index < -0.39 is 0 Å². The molecule has 2 rings (SSSR count). The molecule has 0 aliphatic rings. The van der Waals surface area contributed by atoms with Crippen molar-refractivity contribution < 1.29 is 5.11 Å². The average molecular weight is 188 g/mol. The Kier molecular flexibility index (Phi) is 2.60. The van der Waals surface area contributed by atoms with Gasteiger partial charge in [0.1, 0.15) is 0 Å². The van der Waals surface area contributed by atoms with Gasteiger partial charge in [-0.1, -0.05) is 24.3 Å². The highest BCUT2D eigenvalue weighted by Crippen LogP contribution is 2.13. The lowest BCUT2D eigenvalue weighted by molar-refractivity contribution is 0.303. The van der Waals surface area contributed by atoms with Crippen molar-refractivity contribution in [2.75, 3.05) is 6.61 Å². The summed E-state index contributed by atoms with van der Waals surface area (Å²) in [7, 11) is 0. The first-order valence-electron chi connectivity index (χ1n) is 4.60. The van der Waals surface area contributed by atoms with Gasteiger partial charge in [-0.3, -0.25) is 5.10 Å². The summed E-state index contributed by atoms with van der Waals surface area (Å²) in [6, 6.07) is 6.10. The quantitative estimate of drug-likeness (QED) is 0.773. The normalized spacial score (nSPS) is 11.5. The Morgan fingerprint density at radius 2 is 2.36 bits per heavy atom. The van der Waals surface area contributed by atoms with Crippen molar-refractivity contribution in [3.8, 4) is 0 Å². The molecule has 0 aliphatic heterocycles. The number of aliphatic hydroxyl groups excluding tert-OH is 1. The number of rotatable bonds is 3. The van der Waals surface area contributed by atoms with Gasteiger partial charge < -0.3 is 5.11 Å². The van der Waals surface area contributed by atoms with Gasteiger partial charge in [0.05, 0.1) is 11.7 Å². The van der Waals surface area contributed by atoms with Gasteiger partial charge >= 0.3 is 0 Å². The van der Waals surface area contributed by atoms with Crippen LogP contribution in [0.1, 0.15) is 12.0 Å². The SMILES string of the molecule is OCCC=Cc1ccc2cn[nH]c2c1. The Morgan fingerprint density at radius 3 is 3.21 bits per heavy atom. The Hall–Kier alpha value is -1.61. The number of aromatic amines is 1. The summed E-state index contributed by atoms with van der Waals surface area (Å²) >= 11 is 0. The Morgan fingerprint density at radius 1 is 1.43 bits per heavy atom. The van der Waals surface area contributed by atoms with Crippen LogP contribution < -0.4 is 0 Å². The second kappa shape index (κ2) is 4.07. The van der Waals surface area contributed by atoms with Crippen molar-refractivity contribution >= 4 is 17.0 Å². The fraction of sp³-hybridized carbons (Fsp3) is 0.182. The van der Waals surface area contributed by atoms with E-state index in [0.717, 1.165) is 16.5 Å². The number of aromatic nitrogens is 2. The van der Waals surface area contributed by atoms with Crippen molar-refractivity contribution in [2.45, 2.75) is 6.42 Å². The van der Waals surface area contributed by atoms with E-state index in [4.69, 9.17) is 5.11 Å². The van der Waals surface area contributed by atoms with E-state index in [-0.39, 0.29) is 6.61 Å². The van der Waals surface area contributed by atoms with Crippen LogP contribution in [0.5, 0.6) is 0 Å². The van der Waals surface area contributed by atoms with Crippen molar-refractivity contribution in [1.82, 2.24) is 10.2 Å². The third-order valence-electron chi connectivity index (χ3n) is 2.07. The van der Waals surface area contributed by atoms with Crippen molar-refractivity contribution in [2.24, 2.45) is 0 Å². The first kappa shape index (κ1) is 8.97. The number of benzene rings is 1. The lowest BCUT2D eigenvalue weighted by Gasteiger charge is -1.93. The molecule has 72 valence electrons. The van der Waals surface area contributed by atoms with E-state index in [0.29, 0.717) is 6.42 Å². The standard InChI is InChI=1S/C11H12N2O/c14-6-2-1-3-9-4-5-10-8-12-13-11(10)7-9/h1,3-5,7-8,14H,2,6H2,(H,12,13). The van der Waals surface area contributed by atoms with E-state index in [2.05, 4.69) is 10.2 Å². The molecule has 1 aromatic heterocycles. The minimum Gasteiger partial charge on any atom is -0.396 e. The highest BCUT2D eigenvalue weighted by atomic mass is 16.2. The summed E-state index contributed by atoms with van der Waals surface area (Å²) in [6.45, 7) is 0.197. The second-order valence-corrected chi connectivity index (χ2v) is 3.13. The van der Waals surface area contributed by atoms with Crippen LogP contribution in [0.15, 0.2) is 30.5 Å². The number of hydrogen-bond acceptors (Lipinski definition) is 2. The monoisotopic (exact) mass is 188 g/mol. The van der Waals surface area contributed by atoms with E-state index in [9.17, 15) is 0 Å². The summed E-state index contributed by atoms with van der Waals surface area (Å²) in [6.07, 6.45) is 6.45. The van der Waals surface area contributed by atoms with Gasteiger partial charge in [-0.15, -0.1) is 0 Å². The predicted molar refractivity (Wildman–Crippen MR) is 56.8 cm³/mol. The summed E-state index contributed by atoms with van der Waals surface area (Å²) in [5.41, 5.74) is 2.16. The fourth-order valence-electron chi connectivity index (χ4n) is 1.35. The van der Waals surface area contributed by atoms with Gasteiger partial charge in [-0.2, -0.15) is 5.10 Å². The molecule has 2 N–H and O–H groups in total. The van der Waals surface area contributed by atoms with Crippen LogP contribution in [0, 0.1) is 0 Å². The summed E-state index contributed by atoms with van der Waals surface area (Å²) in [4.78, 5) is 0. The van der Waals surface area contributed by atoms with Gasteiger partial charge in [0.25, 0.3) is 0 Å². The fourth-order valence-corrected chi connectivity index (χ4v) is 1.35. The lowest BCUT2D eigenvalue weighted by Crippen LogP contribution is -1.77. The third-order valence-corrected chi connectivity index (χ3v) is 2.07. The van der Waals surface area contributed by atoms with Crippen LogP contribution >= 0.6 is 0 Å². The summed E-state index contributed by atoms with van der Waals surface area (Å²) in [5.74, 6) is 0. The third kappa shape index (κ3) is 1.83. The minimum atomic E-state index is 0.197. The molecule has 1 aromatic carbocycles. The van der Waals surface area contributed by atoms with Crippen molar-refractivity contribution in [3.05, 3.63) is 36.0 Å². The smallest absolute Gasteiger partial charge is 0.0656 e. The highest BCUT2D eigenvalue weighted by Gasteiger charge is 1.94. The number of H-pyrrole nitrogens is 1. The van der Waals surface area contributed by atoms with Crippen LogP contribution in [0.25, 0.3) is 17.0 Å². The average Bonchev–Trinajstić information content (AvgIpc) is 2.65. The first-order valence-corrected chi connectivity index (χ1v) is 4.60. The molecular formula is C11H12N2O. The maximum atomic E-state index is 8.62. The maximum absolute atomic E-state index is 8.62. The van der Waals surface area contributed by atoms with Gasteiger partial charge in [0.15, 0.2) is 0 Å². The first-order chi connectivity index (χ1) is 6.90. The predicted octanol–water partition coefficient (Wildman–Crippen LogP) is 1.96.